The van der Waals surface area contributed by atoms with Crippen molar-refractivity contribution < 1.29 is 0 Å². The Hall–Kier alpha value is -2.41. The van der Waals surface area contributed by atoms with Gasteiger partial charge in [0, 0.05) is 31.9 Å². The molecule has 3 aromatic rings. The third kappa shape index (κ3) is 4.82. The van der Waals surface area contributed by atoms with Crippen LogP contribution in [-0.2, 0) is 13.0 Å². The van der Waals surface area contributed by atoms with Gasteiger partial charge >= 0.3 is 0 Å². The van der Waals surface area contributed by atoms with E-state index < -0.39 is 0 Å². The van der Waals surface area contributed by atoms with Crippen molar-refractivity contribution in [3.8, 4) is 0 Å². The van der Waals surface area contributed by atoms with Gasteiger partial charge in [0.15, 0.2) is 5.96 Å². The molecule has 6 nitrogen and oxygen atoms in total. The minimum Gasteiger partial charge on any atom is -0.357 e. The van der Waals surface area contributed by atoms with E-state index in [9.17, 15) is 0 Å². The second kappa shape index (κ2) is 8.80. The summed E-state index contributed by atoms with van der Waals surface area (Å²) in [5.74, 6) is 1.94. The number of rotatable bonds is 7. The first-order valence-corrected chi connectivity index (χ1v) is 9.87. The number of hydrogen-bond acceptors (Lipinski definition) is 4. The van der Waals surface area contributed by atoms with Crippen molar-refractivity contribution in [3.63, 3.8) is 0 Å². The molecule has 0 atom stereocenters. The van der Waals surface area contributed by atoms with Crippen LogP contribution in [0.25, 0.3) is 11.0 Å². The molecular formula is C19H26N6S. The minimum absolute atomic E-state index is 0.764. The average Bonchev–Trinajstić information content (AvgIpc) is 3.23. The van der Waals surface area contributed by atoms with Gasteiger partial charge in [-0.25, -0.2) is 9.97 Å². The largest absolute Gasteiger partial charge is 0.357 e. The first-order valence-electron chi connectivity index (χ1n) is 8.99. The fourth-order valence-corrected chi connectivity index (χ4v) is 3.43. The summed E-state index contributed by atoms with van der Waals surface area (Å²) < 4.78 is 0. The highest BCUT2D eigenvalue weighted by molar-refractivity contribution is 7.09. The summed E-state index contributed by atoms with van der Waals surface area (Å²) in [4.78, 5) is 19.4. The van der Waals surface area contributed by atoms with Gasteiger partial charge in [0.1, 0.15) is 5.82 Å². The highest BCUT2D eigenvalue weighted by Crippen LogP contribution is 2.12. The quantitative estimate of drug-likeness (QED) is 0.380. The number of para-hydroxylation sites is 2. The van der Waals surface area contributed by atoms with Gasteiger partial charge in [-0.3, -0.25) is 4.99 Å². The van der Waals surface area contributed by atoms with Crippen LogP contribution in [0.1, 0.15) is 29.9 Å². The Kier molecular flexibility index (Phi) is 6.22. The maximum atomic E-state index is 4.75. The van der Waals surface area contributed by atoms with E-state index >= 15 is 0 Å². The normalized spacial score (nSPS) is 11.9. The van der Waals surface area contributed by atoms with Gasteiger partial charge in [0.25, 0.3) is 0 Å². The van der Waals surface area contributed by atoms with Gasteiger partial charge in [-0.15, -0.1) is 11.3 Å². The van der Waals surface area contributed by atoms with Crippen molar-refractivity contribution in [3.05, 3.63) is 46.2 Å². The Morgan fingerprint density at radius 2 is 2.15 bits per heavy atom. The van der Waals surface area contributed by atoms with Crippen LogP contribution in [0.5, 0.6) is 0 Å². The Labute approximate surface area is 158 Å². The summed E-state index contributed by atoms with van der Waals surface area (Å²) in [5.41, 5.74) is 3.21. The first kappa shape index (κ1) is 18.4. The first-order chi connectivity index (χ1) is 12.7. The Morgan fingerprint density at radius 3 is 2.88 bits per heavy atom. The van der Waals surface area contributed by atoms with Crippen LogP contribution in [0.3, 0.4) is 0 Å². The van der Waals surface area contributed by atoms with Gasteiger partial charge in [-0.2, -0.15) is 0 Å². The molecule has 0 fully saturated rings. The van der Waals surface area contributed by atoms with Crippen molar-refractivity contribution in [2.45, 2.75) is 33.2 Å². The van der Waals surface area contributed by atoms with E-state index in [1.54, 1.807) is 11.3 Å². The van der Waals surface area contributed by atoms with Gasteiger partial charge < -0.3 is 15.2 Å². The molecule has 0 aliphatic carbocycles. The Balaban J connectivity index is 1.54. The van der Waals surface area contributed by atoms with Crippen LogP contribution >= 0.6 is 11.3 Å². The predicted octanol–water partition coefficient (Wildman–Crippen LogP) is 3.36. The highest BCUT2D eigenvalue weighted by Gasteiger charge is 2.08. The zero-order valence-corrected chi connectivity index (χ0v) is 16.4. The van der Waals surface area contributed by atoms with E-state index in [-0.39, 0.29) is 0 Å². The van der Waals surface area contributed by atoms with Crippen LogP contribution in [0, 0.1) is 6.92 Å². The van der Waals surface area contributed by atoms with Gasteiger partial charge in [0.2, 0.25) is 0 Å². The summed E-state index contributed by atoms with van der Waals surface area (Å²) in [5, 5.41) is 6.56. The number of aromatic amines is 1. The lowest BCUT2D eigenvalue weighted by Crippen LogP contribution is -2.38. The topological polar surface area (TPSA) is 69.2 Å². The fraction of sp³-hybridized carbons (Fsp3) is 0.421. The van der Waals surface area contributed by atoms with E-state index in [0.29, 0.717) is 0 Å². The zero-order valence-electron chi connectivity index (χ0n) is 15.6. The summed E-state index contributed by atoms with van der Waals surface area (Å²) in [6.45, 7) is 6.50. The molecular weight excluding hydrogens is 344 g/mol. The van der Waals surface area contributed by atoms with Crippen molar-refractivity contribution in [2.75, 3.05) is 20.1 Å². The molecule has 0 radical (unpaired) electrons. The monoisotopic (exact) mass is 370 g/mol. The van der Waals surface area contributed by atoms with Crippen molar-refractivity contribution in [1.82, 2.24) is 25.2 Å². The Bertz CT molecular complexity index is 833. The second-order valence-electron chi connectivity index (χ2n) is 6.25. The number of hydrogen-bond donors (Lipinski definition) is 2. The van der Waals surface area contributed by atoms with Gasteiger partial charge in [0.05, 0.1) is 28.3 Å². The molecule has 0 saturated carbocycles. The van der Waals surface area contributed by atoms with Crippen LogP contribution in [0.2, 0.25) is 0 Å². The number of thiazole rings is 1. The van der Waals surface area contributed by atoms with Crippen molar-refractivity contribution in [2.24, 2.45) is 4.99 Å². The number of fused-ring (bicyclic) bond motifs is 1. The van der Waals surface area contributed by atoms with Crippen LogP contribution in [0.15, 0.2) is 34.6 Å². The standard InChI is InChI=1S/C19H26N6S/c1-4-20-19(25(3)12-15-13-26-14(2)22-15)21-11-7-10-18-23-16-8-5-6-9-17(16)24-18/h5-6,8-9,13H,4,7,10-12H2,1-3H3,(H,20,21)(H,23,24). The molecule has 26 heavy (non-hydrogen) atoms. The number of aryl methyl sites for hydroxylation is 2. The molecule has 2 heterocycles. The zero-order chi connectivity index (χ0) is 18.4. The van der Waals surface area contributed by atoms with Crippen LogP contribution in [-0.4, -0.2) is 45.9 Å². The van der Waals surface area contributed by atoms with E-state index in [0.717, 1.165) is 66.0 Å². The molecule has 0 spiro atoms. The summed E-state index contributed by atoms with van der Waals surface area (Å²) in [6, 6.07) is 8.13. The van der Waals surface area contributed by atoms with Gasteiger partial charge in [-0.05, 0) is 32.4 Å². The van der Waals surface area contributed by atoms with E-state index in [4.69, 9.17) is 4.99 Å². The summed E-state index contributed by atoms with van der Waals surface area (Å²) >= 11 is 1.68. The average molecular weight is 371 g/mol. The number of H-pyrrole nitrogens is 1. The van der Waals surface area contributed by atoms with E-state index in [2.05, 4.69) is 50.6 Å². The molecule has 0 aliphatic heterocycles. The molecule has 0 amide bonds. The number of aliphatic imine (C=N–C) groups is 1. The Morgan fingerprint density at radius 1 is 1.31 bits per heavy atom. The number of imidazole rings is 1. The summed E-state index contributed by atoms with van der Waals surface area (Å²) in [7, 11) is 2.05. The SMILES string of the molecule is CCNC(=NCCCc1nc2ccccc2[nH]1)N(C)Cc1csc(C)n1. The third-order valence-corrected chi connectivity index (χ3v) is 4.86. The molecule has 138 valence electrons. The lowest BCUT2D eigenvalue weighted by molar-refractivity contribution is 0.470. The molecule has 0 saturated heterocycles. The van der Waals surface area contributed by atoms with E-state index in [1.807, 2.05) is 25.1 Å². The number of benzene rings is 1. The molecule has 0 bridgehead atoms. The second-order valence-corrected chi connectivity index (χ2v) is 7.32. The molecule has 0 unspecified atom stereocenters. The number of nitrogens with one attached hydrogen (secondary N) is 2. The van der Waals surface area contributed by atoms with Crippen LogP contribution in [0.4, 0.5) is 0 Å². The molecule has 0 aliphatic rings. The van der Waals surface area contributed by atoms with Crippen LogP contribution < -0.4 is 5.32 Å². The lowest BCUT2D eigenvalue weighted by atomic mass is 10.3. The smallest absolute Gasteiger partial charge is 0.194 e. The molecule has 3 rings (SSSR count). The van der Waals surface area contributed by atoms with Gasteiger partial charge in [-0.1, -0.05) is 12.1 Å². The maximum Gasteiger partial charge on any atom is 0.194 e. The lowest BCUT2D eigenvalue weighted by Gasteiger charge is -2.21. The van der Waals surface area contributed by atoms with Crippen molar-refractivity contribution in [1.29, 1.82) is 0 Å². The molecule has 2 N–H and O–H groups in total. The molecule has 7 heteroatoms. The molecule has 2 aromatic heterocycles. The summed E-state index contributed by atoms with van der Waals surface area (Å²) in [6.07, 6.45) is 1.85. The molecule has 1 aromatic carbocycles. The fourth-order valence-electron chi connectivity index (χ4n) is 2.82. The van der Waals surface area contributed by atoms with E-state index in [1.165, 1.54) is 0 Å². The predicted molar refractivity (Wildman–Crippen MR) is 109 cm³/mol. The number of nitrogens with zero attached hydrogens (tertiary/aromatic N) is 4. The number of guanidine groups is 1. The van der Waals surface area contributed by atoms with Crippen molar-refractivity contribution >= 4 is 28.3 Å². The highest BCUT2D eigenvalue weighted by atomic mass is 32.1. The number of aromatic nitrogens is 3. The minimum atomic E-state index is 0.764. The maximum absolute atomic E-state index is 4.75. The third-order valence-electron chi connectivity index (χ3n) is 4.03.